The monoisotopic (exact) mass is 233 g/mol. The van der Waals surface area contributed by atoms with Crippen LogP contribution >= 0.6 is 0 Å². The highest BCUT2D eigenvalue weighted by Gasteiger charge is 2.34. The summed E-state index contributed by atoms with van der Waals surface area (Å²) in [6.07, 6.45) is -2.22. The third kappa shape index (κ3) is 4.82. The standard InChI is InChI=1S/C11H14F3NO/c1-5-9(15-8(4)16)6-10(7(2)3)11(12,13)14/h5-6H,2H2,1,3-4H3,(H,15,16)/b9-5?,10-6+. The van der Waals surface area contributed by atoms with Crippen LogP contribution in [0.1, 0.15) is 20.8 Å². The Bertz CT molecular complexity index is 351. The molecule has 90 valence electrons. The molecule has 0 aromatic carbocycles. The molecule has 0 radical (unpaired) electrons. The van der Waals surface area contributed by atoms with E-state index in [9.17, 15) is 18.0 Å². The fourth-order valence-electron chi connectivity index (χ4n) is 0.997. The molecule has 1 N–H and O–H groups in total. The van der Waals surface area contributed by atoms with Crippen molar-refractivity contribution in [3.63, 3.8) is 0 Å². The van der Waals surface area contributed by atoms with E-state index < -0.39 is 17.7 Å². The Morgan fingerprint density at radius 1 is 1.31 bits per heavy atom. The summed E-state index contributed by atoms with van der Waals surface area (Å²) in [5, 5.41) is 2.29. The number of rotatable bonds is 3. The minimum absolute atomic E-state index is 0.0998. The van der Waals surface area contributed by atoms with Gasteiger partial charge < -0.3 is 5.32 Å². The van der Waals surface area contributed by atoms with Crippen molar-refractivity contribution in [1.82, 2.24) is 5.32 Å². The summed E-state index contributed by atoms with van der Waals surface area (Å²) in [6, 6.07) is 0. The lowest BCUT2D eigenvalue weighted by Crippen LogP contribution is -2.20. The topological polar surface area (TPSA) is 29.1 Å². The van der Waals surface area contributed by atoms with E-state index in [-0.39, 0.29) is 11.3 Å². The SMILES string of the molecule is C=C(C)/C(=C\C(=CC)NC(C)=O)C(F)(F)F. The summed E-state index contributed by atoms with van der Waals surface area (Å²) in [7, 11) is 0. The first kappa shape index (κ1) is 14.5. The Kier molecular flexibility index (Phi) is 5.01. The molecule has 0 atom stereocenters. The third-order valence-electron chi connectivity index (χ3n) is 1.70. The molecule has 0 spiro atoms. The predicted molar refractivity (Wildman–Crippen MR) is 56.5 cm³/mol. The second kappa shape index (κ2) is 5.53. The number of halogens is 3. The van der Waals surface area contributed by atoms with Gasteiger partial charge in [0.2, 0.25) is 5.91 Å². The zero-order valence-electron chi connectivity index (χ0n) is 9.40. The summed E-state index contributed by atoms with van der Waals surface area (Å²) in [5.74, 6) is -0.424. The molecular formula is C11H14F3NO. The van der Waals surface area contributed by atoms with Crippen LogP contribution in [0.3, 0.4) is 0 Å². The molecule has 1 amide bonds. The maximum atomic E-state index is 12.5. The highest BCUT2D eigenvalue weighted by Crippen LogP contribution is 2.30. The molecule has 0 unspecified atom stereocenters. The first-order valence-electron chi connectivity index (χ1n) is 4.57. The Morgan fingerprint density at radius 2 is 1.81 bits per heavy atom. The van der Waals surface area contributed by atoms with Gasteiger partial charge in [0.1, 0.15) is 0 Å². The van der Waals surface area contributed by atoms with E-state index in [1.807, 2.05) is 0 Å². The minimum atomic E-state index is -4.47. The van der Waals surface area contributed by atoms with Crippen LogP contribution in [0.4, 0.5) is 13.2 Å². The van der Waals surface area contributed by atoms with Crippen molar-refractivity contribution in [2.75, 3.05) is 0 Å². The molecule has 16 heavy (non-hydrogen) atoms. The molecule has 0 saturated heterocycles. The van der Waals surface area contributed by atoms with Gasteiger partial charge in [-0.1, -0.05) is 12.7 Å². The molecular weight excluding hydrogens is 219 g/mol. The van der Waals surface area contributed by atoms with Crippen LogP contribution in [0.15, 0.2) is 35.6 Å². The molecule has 0 aliphatic rings. The molecule has 0 aliphatic carbocycles. The zero-order valence-corrected chi connectivity index (χ0v) is 9.40. The van der Waals surface area contributed by atoms with Crippen molar-refractivity contribution < 1.29 is 18.0 Å². The van der Waals surface area contributed by atoms with Crippen LogP contribution in [-0.2, 0) is 4.79 Å². The number of amides is 1. The average Bonchev–Trinajstić information content (AvgIpc) is 2.08. The van der Waals surface area contributed by atoms with Crippen LogP contribution in [0.5, 0.6) is 0 Å². The van der Waals surface area contributed by atoms with E-state index in [1.54, 1.807) is 0 Å². The fraction of sp³-hybridized carbons (Fsp3) is 0.364. The van der Waals surface area contributed by atoms with Gasteiger partial charge in [0.05, 0.1) is 5.57 Å². The van der Waals surface area contributed by atoms with Crippen molar-refractivity contribution in [3.8, 4) is 0 Å². The molecule has 0 bridgehead atoms. The summed E-state index contributed by atoms with van der Waals surface area (Å²) in [6.45, 7) is 7.29. The number of hydrogen-bond donors (Lipinski definition) is 1. The largest absolute Gasteiger partial charge is 0.416 e. The van der Waals surface area contributed by atoms with E-state index in [0.29, 0.717) is 0 Å². The zero-order chi connectivity index (χ0) is 12.9. The molecule has 0 aromatic rings. The van der Waals surface area contributed by atoms with Gasteiger partial charge in [0.15, 0.2) is 0 Å². The average molecular weight is 233 g/mol. The van der Waals surface area contributed by atoms with Crippen LogP contribution in [0, 0.1) is 0 Å². The Labute approximate surface area is 92.5 Å². The summed E-state index contributed by atoms with van der Waals surface area (Å²) in [4.78, 5) is 10.7. The normalized spacial score (nSPS) is 13.6. The maximum Gasteiger partial charge on any atom is 0.416 e. The first-order chi connectivity index (χ1) is 7.18. The van der Waals surface area contributed by atoms with Gasteiger partial charge in [-0.15, -0.1) is 0 Å². The molecule has 0 aromatic heterocycles. The van der Waals surface area contributed by atoms with Crippen LogP contribution in [0.2, 0.25) is 0 Å². The van der Waals surface area contributed by atoms with E-state index in [2.05, 4.69) is 11.9 Å². The van der Waals surface area contributed by atoms with Crippen LogP contribution in [-0.4, -0.2) is 12.1 Å². The van der Waals surface area contributed by atoms with Gasteiger partial charge in [-0.25, -0.2) is 0 Å². The van der Waals surface area contributed by atoms with E-state index in [1.165, 1.54) is 26.8 Å². The fourth-order valence-corrected chi connectivity index (χ4v) is 0.997. The summed E-state index contributed by atoms with van der Waals surface area (Å²) >= 11 is 0. The van der Waals surface area contributed by atoms with Crippen molar-refractivity contribution in [2.24, 2.45) is 0 Å². The lowest BCUT2D eigenvalue weighted by Gasteiger charge is -2.12. The van der Waals surface area contributed by atoms with Crippen molar-refractivity contribution in [3.05, 3.63) is 35.6 Å². The van der Waals surface area contributed by atoms with Gasteiger partial charge in [-0.05, 0) is 25.5 Å². The molecule has 5 heteroatoms. The predicted octanol–water partition coefficient (Wildman–Crippen LogP) is 3.09. The second-order valence-electron chi connectivity index (χ2n) is 3.26. The number of carbonyl (C=O) groups excluding carboxylic acids is 1. The molecule has 0 aliphatic heterocycles. The quantitative estimate of drug-likeness (QED) is 0.745. The Balaban J connectivity index is 5.21. The maximum absolute atomic E-state index is 12.5. The molecule has 0 heterocycles. The van der Waals surface area contributed by atoms with Crippen molar-refractivity contribution >= 4 is 5.91 Å². The molecule has 0 fully saturated rings. The Morgan fingerprint density at radius 3 is 2.06 bits per heavy atom. The highest BCUT2D eigenvalue weighted by molar-refractivity contribution is 5.75. The van der Waals surface area contributed by atoms with Crippen LogP contribution in [0.25, 0.3) is 0 Å². The van der Waals surface area contributed by atoms with E-state index >= 15 is 0 Å². The van der Waals surface area contributed by atoms with E-state index in [4.69, 9.17) is 0 Å². The molecule has 2 nitrogen and oxygen atoms in total. The molecule has 0 saturated carbocycles. The van der Waals surface area contributed by atoms with Crippen molar-refractivity contribution in [2.45, 2.75) is 26.9 Å². The Hall–Kier alpha value is -1.52. The van der Waals surface area contributed by atoms with Gasteiger partial charge in [0.25, 0.3) is 0 Å². The first-order valence-corrected chi connectivity index (χ1v) is 4.57. The second-order valence-corrected chi connectivity index (χ2v) is 3.26. The van der Waals surface area contributed by atoms with Gasteiger partial charge in [-0.2, -0.15) is 13.2 Å². The lowest BCUT2D eigenvalue weighted by molar-refractivity contribution is -0.118. The molecule has 0 rings (SSSR count). The number of hydrogen-bond acceptors (Lipinski definition) is 1. The number of carbonyl (C=O) groups is 1. The highest BCUT2D eigenvalue weighted by atomic mass is 19.4. The van der Waals surface area contributed by atoms with Crippen molar-refractivity contribution in [1.29, 1.82) is 0 Å². The lowest BCUT2D eigenvalue weighted by atomic mass is 10.1. The smallest absolute Gasteiger partial charge is 0.327 e. The third-order valence-corrected chi connectivity index (χ3v) is 1.70. The van der Waals surface area contributed by atoms with Crippen LogP contribution < -0.4 is 5.32 Å². The van der Waals surface area contributed by atoms with Gasteiger partial charge in [-0.3, -0.25) is 4.79 Å². The van der Waals surface area contributed by atoms with Gasteiger partial charge in [0, 0.05) is 12.6 Å². The summed E-state index contributed by atoms with van der Waals surface area (Å²) < 4.78 is 37.6. The van der Waals surface area contributed by atoms with E-state index in [0.717, 1.165) is 6.08 Å². The minimum Gasteiger partial charge on any atom is -0.327 e. The number of allylic oxidation sites excluding steroid dienone is 4. The number of nitrogens with one attached hydrogen (secondary N) is 1. The number of alkyl halides is 3. The summed E-state index contributed by atoms with van der Waals surface area (Å²) in [5.41, 5.74) is -0.852. The van der Waals surface area contributed by atoms with Gasteiger partial charge >= 0.3 is 6.18 Å².